The van der Waals surface area contributed by atoms with Crippen LogP contribution in [0.1, 0.15) is 22.9 Å². The quantitative estimate of drug-likeness (QED) is 0.177. The van der Waals surface area contributed by atoms with Crippen LogP contribution in [0, 0.1) is 0 Å². The van der Waals surface area contributed by atoms with E-state index in [1.807, 2.05) is 18.5 Å². The van der Waals surface area contributed by atoms with Crippen LogP contribution in [0.15, 0.2) is 110 Å². The number of fused-ring (bicyclic) bond motifs is 2. The van der Waals surface area contributed by atoms with Crippen molar-refractivity contribution >= 4 is 38.7 Å². The molecule has 41 heavy (non-hydrogen) atoms. The molecule has 6 heteroatoms. The lowest BCUT2D eigenvalue weighted by Gasteiger charge is -2.08. The number of rotatable bonds is 8. The first-order valence-corrected chi connectivity index (χ1v) is 14.5. The van der Waals surface area contributed by atoms with Gasteiger partial charge in [-0.05, 0) is 71.7 Å². The van der Waals surface area contributed by atoms with Crippen molar-refractivity contribution in [2.75, 3.05) is 0 Å². The van der Waals surface area contributed by atoms with Gasteiger partial charge in [0.05, 0.1) is 11.2 Å². The van der Waals surface area contributed by atoms with Gasteiger partial charge in [0.1, 0.15) is 5.69 Å². The minimum absolute atomic E-state index is 0.754. The topological polar surface area (TPSA) is 69.4 Å². The lowest BCUT2D eigenvalue weighted by molar-refractivity contribution is 0.691. The Morgan fingerprint density at radius 1 is 0.805 bits per heavy atom. The monoisotopic (exact) mass is 551 g/mol. The molecule has 0 aliphatic rings. The fraction of sp³-hybridized carbons (Fsp3) is 0.0857. The van der Waals surface area contributed by atoms with Crippen molar-refractivity contribution in [2.24, 2.45) is 0 Å². The maximum atomic E-state index is 4.72. The fourth-order valence-corrected chi connectivity index (χ4v) is 6.27. The Hall–Kier alpha value is -4.78. The van der Waals surface area contributed by atoms with E-state index in [0.717, 1.165) is 63.2 Å². The average Bonchev–Trinajstić information content (AvgIpc) is 3.76. The summed E-state index contributed by atoms with van der Waals surface area (Å²) in [5, 5.41) is 13.7. The van der Waals surface area contributed by atoms with Crippen molar-refractivity contribution in [3.8, 4) is 33.0 Å². The van der Waals surface area contributed by atoms with Crippen LogP contribution < -0.4 is 5.32 Å². The second-order valence-electron chi connectivity index (χ2n) is 10.4. The molecule has 4 heterocycles. The van der Waals surface area contributed by atoms with E-state index in [1.165, 1.54) is 26.3 Å². The molecular formula is C35H29N5S. The number of H-pyrrole nitrogens is 2. The van der Waals surface area contributed by atoms with E-state index in [0.29, 0.717) is 0 Å². The molecule has 0 saturated carbocycles. The number of hydrogen-bond donors (Lipinski definition) is 3. The SMILES string of the molecule is C=C(C)c1ccc(-c2cccc3[nH]c(-c4n[nH]c5ccc(-c6cncc(CNCc7ccccc7)c6)cc45)cc23)s1. The standard InChI is InChI=1S/C35H29N5S/c1-22(2)33-13-14-34(41-33)27-9-6-10-30-28(27)17-32(38-30)35-29-16-25(11-12-31(29)39-40-35)26-15-24(20-37-21-26)19-36-18-23-7-4-3-5-8-23/h3-17,20-21,36,38H,1,18-19H2,2H3,(H,39,40). The predicted molar refractivity (Wildman–Crippen MR) is 172 cm³/mol. The Kier molecular flexibility index (Phi) is 6.55. The molecule has 0 aliphatic heterocycles. The molecule has 0 unspecified atom stereocenters. The first-order chi connectivity index (χ1) is 20.1. The number of aromatic amines is 2. The summed E-state index contributed by atoms with van der Waals surface area (Å²) in [7, 11) is 0. The van der Waals surface area contributed by atoms with Gasteiger partial charge in [-0.3, -0.25) is 10.1 Å². The Morgan fingerprint density at radius 2 is 1.68 bits per heavy atom. The molecule has 0 spiro atoms. The zero-order valence-electron chi connectivity index (χ0n) is 22.7. The van der Waals surface area contributed by atoms with Gasteiger partial charge in [0.2, 0.25) is 0 Å². The molecule has 5 nitrogen and oxygen atoms in total. The van der Waals surface area contributed by atoms with Crippen LogP contribution in [0.5, 0.6) is 0 Å². The molecule has 0 atom stereocenters. The summed E-state index contributed by atoms with van der Waals surface area (Å²) in [6, 6.07) is 32.1. The molecule has 0 bridgehead atoms. The average molecular weight is 552 g/mol. The number of thiophene rings is 1. The van der Waals surface area contributed by atoms with Crippen molar-refractivity contribution in [1.82, 2.24) is 25.5 Å². The molecule has 0 radical (unpaired) electrons. The zero-order valence-corrected chi connectivity index (χ0v) is 23.6. The second kappa shape index (κ2) is 10.7. The van der Waals surface area contributed by atoms with E-state index in [-0.39, 0.29) is 0 Å². The Bertz CT molecular complexity index is 2010. The smallest absolute Gasteiger partial charge is 0.116 e. The number of pyridine rings is 1. The van der Waals surface area contributed by atoms with Gasteiger partial charge in [-0.15, -0.1) is 11.3 Å². The van der Waals surface area contributed by atoms with E-state index in [2.05, 4.69) is 119 Å². The Morgan fingerprint density at radius 3 is 2.54 bits per heavy atom. The normalized spacial score (nSPS) is 11.4. The maximum absolute atomic E-state index is 4.72. The highest BCUT2D eigenvalue weighted by molar-refractivity contribution is 7.16. The minimum atomic E-state index is 0.754. The third-order valence-corrected chi connectivity index (χ3v) is 8.68. The van der Waals surface area contributed by atoms with Gasteiger partial charge in [-0.1, -0.05) is 55.1 Å². The molecule has 200 valence electrons. The molecule has 0 aliphatic carbocycles. The third kappa shape index (κ3) is 4.99. The number of aromatic nitrogens is 4. The van der Waals surface area contributed by atoms with Crippen LogP contribution in [0.25, 0.3) is 60.3 Å². The number of nitrogens with one attached hydrogen (secondary N) is 3. The predicted octanol–water partition coefficient (Wildman–Crippen LogP) is 8.82. The van der Waals surface area contributed by atoms with Crippen LogP contribution in [0.2, 0.25) is 0 Å². The molecule has 0 amide bonds. The van der Waals surface area contributed by atoms with Crippen LogP contribution in [0.4, 0.5) is 0 Å². The highest BCUT2D eigenvalue weighted by Crippen LogP contribution is 2.38. The van der Waals surface area contributed by atoms with Gasteiger partial charge in [0.25, 0.3) is 0 Å². The van der Waals surface area contributed by atoms with Crippen molar-refractivity contribution in [3.63, 3.8) is 0 Å². The Balaban J connectivity index is 1.19. The van der Waals surface area contributed by atoms with E-state index >= 15 is 0 Å². The second-order valence-corrected chi connectivity index (χ2v) is 11.5. The van der Waals surface area contributed by atoms with Crippen molar-refractivity contribution in [3.05, 3.63) is 126 Å². The van der Waals surface area contributed by atoms with Crippen LogP contribution in [-0.2, 0) is 13.1 Å². The molecule has 3 N–H and O–H groups in total. The van der Waals surface area contributed by atoms with Gasteiger partial charge in [-0.2, -0.15) is 5.10 Å². The molecule has 0 fully saturated rings. The summed E-state index contributed by atoms with van der Waals surface area (Å²) >= 11 is 1.78. The largest absolute Gasteiger partial charge is 0.353 e. The van der Waals surface area contributed by atoms with Gasteiger partial charge < -0.3 is 10.3 Å². The van der Waals surface area contributed by atoms with E-state index in [4.69, 9.17) is 5.10 Å². The summed E-state index contributed by atoms with van der Waals surface area (Å²) in [6.45, 7) is 7.73. The molecule has 4 aromatic heterocycles. The summed E-state index contributed by atoms with van der Waals surface area (Å²) in [5.41, 5.74) is 10.9. The number of allylic oxidation sites excluding steroid dienone is 1. The number of hydrogen-bond acceptors (Lipinski definition) is 4. The number of nitrogens with zero attached hydrogens (tertiary/aromatic N) is 2. The zero-order chi connectivity index (χ0) is 27.8. The summed E-state index contributed by atoms with van der Waals surface area (Å²) in [4.78, 5) is 10.6. The lowest BCUT2D eigenvalue weighted by Crippen LogP contribution is -2.12. The van der Waals surface area contributed by atoms with Gasteiger partial charge >= 0.3 is 0 Å². The summed E-state index contributed by atoms with van der Waals surface area (Å²) in [6.07, 6.45) is 3.86. The molecule has 0 saturated heterocycles. The van der Waals surface area contributed by atoms with Crippen molar-refractivity contribution in [2.45, 2.75) is 20.0 Å². The fourth-order valence-electron chi connectivity index (χ4n) is 5.30. The first-order valence-electron chi connectivity index (χ1n) is 13.7. The van der Waals surface area contributed by atoms with Gasteiger partial charge in [-0.25, -0.2) is 0 Å². The van der Waals surface area contributed by atoms with Crippen LogP contribution in [-0.4, -0.2) is 20.2 Å². The third-order valence-electron chi connectivity index (χ3n) is 7.40. The highest BCUT2D eigenvalue weighted by atomic mass is 32.1. The molecule has 7 rings (SSSR count). The Labute approximate surface area is 242 Å². The highest BCUT2D eigenvalue weighted by Gasteiger charge is 2.15. The van der Waals surface area contributed by atoms with Crippen LogP contribution >= 0.6 is 11.3 Å². The molecule has 3 aromatic carbocycles. The molecule has 7 aromatic rings. The van der Waals surface area contributed by atoms with Crippen molar-refractivity contribution in [1.29, 1.82) is 0 Å². The van der Waals surface area contributed by atoms with E-state index in [9.17, 15) is 0 Å². The maximum Gasteiger partial charge on any atom is 0.116 e. The molecular weight excluding hydrogens is 522 g/mol. The summed E-state index contributed by atoms with van der Waals surface area (Å²) < 4.78 is 0. The number of benzene rings is 3. The first kappa shape index (κ1) is 25.2. The van der Waals surface area contributed by atoms with Crippen LogP contribution in [0.3, 0.4) is 0 Å². The summed E-state index contributed by atoms with van der Waals surface area (Å²) in [5.74, 6) is 0. The lowest BCUT2D eigenvalue weighted by atomic mass is 10.0. The van der Waals surface area contributed by atoms with Gasteiger partial charge in [0.15, 0.2) is 0 Å². The van der Waals surface area contributed by atoms with Gasteiger partial charge in [0, 0.05) is 62.7 Å². The van der Waals surface area contributed by atoms with E-state index < -0.39 is 0 Å². The minimum Gasteiger partial charge on any atom is -0.353 e. The van der Waals surface area contributed by atoms with E-state index in [1.54, 1.807) is 11.3 Å². The van der Waals surface area contributed by atoms with Crippen molar-refractivity contribution < 1.29 is 0 Å².